The highest BCUT2D eigenvalue weighted by Gasteiger charge is 2.58. The Morgan fingerprint density at radius 2 is 1.58 bits per heavy atom. The number of likely N-dealkylation sites (tertiary alicyclic amines) is 1. The molecule has 1 aliphatic heterocycles. The fourth-order valence-corrected chi connectivity index (χ4v) is 6.49. The second kappa shape index (κ2) is 16.7. The monoisotopic (exact) mass is 696 g/mol. The van der Waals surface area contributed by atoms with Crippen molar-refractivity contribution in [2.24, 2.45) is 23.2 Å². The molecule has 1 aromatic carbocycles. The molecule has 1 aliphatic carbocycles. The molecular formula is C38H56N4O8. The second-order valence-electron chi connectivity index (χ2n) is 16.0. The van der Waals surface area contributed by atoms with Crippen molar-refractivity contribution < 1.29 is 38.3 Å². The van der Waals surface area contributed by atoms with Crippen LogP contribution in [0.5, 0.6) is 0 Å². The molecular weight excluding hydrogens is 640 g/mol. The summed E-state index contributed by atoms with van der Waals surface area (Å²) in [5, 5.41) is 5.41. The normalized spacial score (nSPS) is 20.1. The topological polar surface area (TPSA) is 159 Å². The lowest BCUT2D eigenvalue weighted by Gasteiger charge is -2.37. The molecule has 50 heavy (non-hydrogen) atoms. The van der Waals surface area contributed by atoms with Crippen molar-refractivity contribution in [3.8, 4) is 0 Å². The van der Waals surface area contributed by atoms with Gasteiger partial charge in [0, 0.05) is 45.8 Å². The van der Waals surface area contributed by atoms with E-state index in [9.17, 15) is 33.6 Å². The number of amides is 4. The molecule has 1 saturated carbocycles. The zero-order valence-corrected chi connectivity index (χ0v) is 31.2. The Morgan fingerprint density at radius 3 is 2.14 bits per heavy atom. The van der Waals surface area contributed by atoms with E-state index >= 15 is 0 Å². The van der Waals surface area contributed by atoms with Crippen LogP contribution in [-0.4, -0.2) is 89.3 Å². The molecule has 1 aromatic rings. The summed E-state index contributed by atoms with van der Waals surface area (Å²) < 4.78 is 5.41. The summed E-state index contributed by atoms with van der Waals surface area (Å²) in [6.07, 6.45) is 0.912. The zero-order valence-electron chi connectivity index (χ0n) is 31.2. The fourth-order valence-electron chi connectivity index (χ4n) is 6.49. The largest absolute Gasteiger partial charge is 0.444 e. The molecule has 6 atom stereocenters. The first-order valence-electron chi connectivity index (χ1n) is 17.7. The summed E-state index contributed by atoms with van der Waals surface area (Å²) in [6.45, 7) is 13.0. The van der Waals surface area contributed by atoms with Crippen LogP contribution in [0.4, 0.5) is 4.79 Å². The number of hydrogen-bond acceptors (Lipinski definition) is 8. The molecule has 3 rings (SSSR count). The minimum atomic E-state index is -0.954. The van der Waals surface area contributed by atoms with E-state index in [1.54, 1.807) is 70.1 Å². The summed E-state index contributed by atoms with van der Waals surface area (Å²) in [5.41, 5.74) is -0.861. The van der Waals surface area contributed by atoms with E-state index in [0.29, 0.717) is 24.9 Å². The van der Waals surface area contributed by atoms with Gasteiger partial charge in [0.15, 0.2) is 11.6 Å². The number of likely N-dealkylation sites (N-methyl/N-ethyl adjacent to an activating group) is 1. The summed E-state index contributed by atoms with van der Waals surface area (Å²) >= 11 is 0. The van der Waals surface area contributed by atoms with E-state index < -0.39 is 58.6 Å². The van der Waals surface area contributed by atoms with Gasteiger partial charge in [0.2, 0.25) is 23.5 Å². The molecule has 0 radical (unpaired) electrons. The number of nitrogens with zero attached hydrogens (tertiary/aromatic N) is 2. The number of carbonyl (C=O) groups is 7. The molecule has 2 aliphatic rings. The van der Waals surface area contributed by atoms with Crippen LogP contribution in [0.3, 0.4) is 0 Å². The average molecular weight is 697 g/mol. The Balaban J connectivity index is 1.69. The van der Waals surface area contributed by atoms with Crippen LogP contribution in [-0.2, 0) is 33.5 Å². The van der Waals surface area contributed by atoms with Crippen LogP contribution in [0.15, 0.2) is 30.3 Å². The minimum Gasteiger partial charge on any atom is -0.444 e. The number of fused-ring (bicyclic) bond motifs is 1. The Bertz CT molecular complexity index is 1430. The zero-order chi connectivity index (χ0) is 37.6. The van der Waals surface area contributed by atoms with Crippen molar-refractivity contribution in [3.63, 3.8) is 0 Å². The number of piperidine rings is 1. The van der Waals surface area contributed by atoms with Crippen LogP contribution >= 0.6 is 0 Å². The number of nitrogens with one attached hydrogen (secondary N) is 2. The lowest BCUT2D eigenvalue weighted by Crippen LogP contribution is -2.58. The fraction of sp³-hybridized carbons (Fsp3) is 0.658. The van der Waals surface area contributed by atoms with E-state index in [4.69, 9.17) is 4.74 Å². The number of alkyl carbamates (subject to hydrolysis) is 1. The number of benzene rings is 1. The molecule has 0 spiro atoms. The quantitative estimate of drug-likeness (QED) is 0.241. The Kier molecular flexibility index (Phi) is 13.5. The van der Waals surface area contributed by atoms with E-state index in [-0.39, 0.29) is 48.7 Å². The number of carbonyl (C=O) groups excluding carboxylic acids is 7. The van der Waals surface area contributed by atoms with Crippen molar-refractivity contribution in [1.82, 2.24) is 20.4 Å². The third kappa shape index (κ3) is 11.0. The molecule has 2 N–H and O–H groups in total. The number of rotatable bonds is 16. The summed E-state index contributed by atoms with van der Waals surface area (Å²) in [4.78, 5) is 95.9. The lowest BCUT2D eigenvalue weighted by molar-refractivity contribution is -0.144. The van der Waals surface area contributed by atoms with Crippen molar-refractivity contribution in [1.29, 1.82) is 0 Å². The van der Waals surface area contributed by atoms with Crippen molar-refractivity contribution in [2.45, 2.75) is 117 Å². The van der Waals surface area contributed by atoms with Gasteiger partial charge in [0.1, 0.15) is 17.7 Å². The van der Waals surface area contributed by atoms with E-state index in [1.165, 1.54) is 4.90 Å². The van der Waals surface area contributed by atoms with Crippen LogP contribution in [0, 0.1) is 23.2 Å². The first-order valence-corrected chi connectivity index (χ1v) is 17.7. The first-order chi connectivity index (χ1) is 23.2. The van der Waals surface area contributed by atoms with Gasteiger partial charge in [0.05, 0.1) is 6.04 Å². The number of Topliss-reactive ketones (excluding diaryl/α,β-unsaturated/α-hetero) is 3. The third-order valence-electron chi connectivity index (χ3n) is 9.24. The maximum atomic E-state index is 14.0. The van der Waals surface area contributed by atoms with Gasteiger partial charge in [-0.15, -0.1) is 0 Å². The Hall–Kier alpha value is -4.09. The summed E-state index contributed by atoms with van der Waals surface area (Å²) in [6, 6.07) is 6.10. The number of unbranched alkanes of at least 4 members (excludes halogenated alkanes) is 1. The SMILES string of the molecule is CCCCC(CC(=O)[C@@H]1[C@H]2C[C@H]2CN1C(=O)[C@@H](NC(=O)OC(C)(C)C)C(C)(C)C)C(=O)C(=O)CCC(=O)N[C@H](C(=O)N(C)C)c1ccccc1. The van der Waals surface area contributed by atoms with Crippen LogP contribution in [0.25, 0.3) is 0 Å². The summed E-state index contributed by atoms with van der Waals surface area (Å²) in [7, 11) is 3.16. The molecule has 12 nitrogen and oxygen atoms in total. The lowest BCUT2D eigenvalue weighted by atomic mass is 9.84. The number of ketones is 3. The molecule has 0 bridgehead atoms. The maximum absolute atomic E-state index is 14.0. The predicted octanol–water partition coefficient (Wildman–Crippen LogP) is 4.40. The summed E-state index contributed by atoms with van der Waals surface area (Å²) in [5.74, 6) is -3.74. The molecule has 276 valence electrons. The van der Waals surface area contributed by atoms with E-state index in [1.807, 2.05) is 27.7 Å². The molecule has 12 heteroatoms. The van der Waals surface area contributed by atoms with Gasteiger partial charge in [0.25, 0.3) is 0 Å². The van der Waals surface area contributed by atoms with Gasteiger partial charge in [-0.05, 0) is 56.4 Å². The molecule has 1 heterocycles. The second-order valence-corrected chi connectivity index (χ2v) is 16.0. The highest BCUT2D eigenvalue weighted by molar-refractivity contribution is 6.38. The highest BCUT2D eigenvalue weighted by Crippen LogP contribution is 2.50. The van der Waals surface area contributed by atoms with Gasteiger partial charge in [-0.25, -0.2) is 4.79 Å². The van der Waals surface area contributed by atoms with Gasteiger partial charge in [-0.2, -0.15) is 0 Å². The predicted molar refractivity (Wildman–Crippen MR) is 188 cm³/mol. The maximum Gasteiger partial charge on any atom is 0.408 e. The molecule has 4 amide bonds. The average Bonchev–Trinajstić information content (AvgIpc) is 3.69. The number of hydrogen-bond donors (Lipinski definition) is 2. The Labute approximate surface area is 296 Å². The van der Waals surface area contributed by atoms with E-state index in [2.05, 4.69) is 10.6 Å². The van der Waals surface area contributed by atoms with Gasteiger partial charge in [-0.3, -0.25) is 28.8 Å². The van der Waals surface area contributed by atoms with Crippen LogP contribution in [0.1, 0.15) is 105 Å². The van der Waals surface area contributed by atoms with E-state index in [0.717, 1.165) is 12.8 Å². The highest BCUT2D eigenvalue weighted by atomic mass is 16.6. The number of ether oxygens (including phenoxy) is 1. The minimum absolute atomic E-state index is 0.0302. The molecule has 2 fully saturated rings. The van der Waals surface area contributed by atoms with Crippen molar-refractivity contribution in [2.75, 3.05) is 20.6 Å². The van der Waals surface area contributed by atoms with Crippen LogP contribution in [0.2, 0.25) is 0 Å². The van der Waals surface area contributed by atoms with Gasteiger partial charge in [-0.1, -0.05) is 70.9 Å². The Morgan fingerprint density at radius 1 is 0.940 bits per heavy atom. The third-order valence-corrected chi connectivity index (χ3v) is 9.24. The standard InChI is InChI=1S/C38H56N4O8/c1-10-11-15-24(32(46)27(43)18-19-29(45)39-30(34(47)41(8)9)23-16-13-12-14-17-23)21-28(44)31-26-20-25(26)22-42(31)35(48)33(37(2,3)4)40-36(49)50-38(5,6)7/h12-14,16-17,24-26,30-31,33H,10-11,15,18-22H2,1-9H3,(H,39,45)(H,40,49)/t24?,25-,26-,30-,31-,33+/m0/s1. The molecule has 1 unspecified atom stereocenters. The van der Waals surface area contributed by atoms with Gasteiger partial charge >= 0.3 is 6.09 Å². The first kappa shape index (κ1) is 40.3. The smallest absolute Gasteiger partial charge is 0.408 e. The van der Waals surface area contributed by atoms with Crippen molar-refractivity contribution >= 4 is 41.2 Å². The molecule has 1 saturated heterocycles. The van der Waals surface area contributed by atoms with Crippen molar-refractivity contribution in [3.05, 3.63) is 35.9 Å². The van der Waals surface area contributed by atoms with Crippen LogP contribution < -0.4 is 10.6 Å². The molecule has 0 aromatic heterocycles. The van der Waals surface area contributed by atoms with Gasteiger partial charge < -0.3 is 25.2 Å².